The SMILES string of the molecule is COc1cc(OC)cc(C(=O)N(C/C(C)=C/c2ccccc2)CC2CCCN2CC2CCCCC2)c1. The van der Waals surface area contributed by atoms with Crippen LogP contribution in [0.25, 0.3) is 6.08 Å². The number of benzene rings is 2. The molecule has 1 aliphatic carbocycles. The second-order valence-corrected chi connectivity index (χ2v) is 10.5. The molecule has 2 fully saturated rings. The fourth-order valence-corrected chi connectivity index (χ4v) is 5.81. The highest BCUT2D eigenvalue weighted by Gasteiger charge is 2.31. The summed E-state index contributed by atoms with van der Waals surface area (Å²) in [5.74, 6) is 2.10. The smallest absolute Gasteiger partial charge is 0.254 e. The van der Waals surface area contributed by atoms with Crippen LogP contribution in [-0.4, -0.2) is 62.1 Å². The summed E-state index contributed by atoms with van der Waals surface area (Å²) in [6.07, 6.45) is 11.4. The summed E-state index contributed by atoms with van der Waals surface area (Å²) in [6, 6.07) is 16.2. The minimum absolute atomic E-state index is 0.0255. The van der Waals surface area contributed by atoms with Crippen molar-refractivity contribution in [2.24, 2.45) is 5.92 Å². The maximum absolute atomic E-state index is 13.9. The molecule has 1 saturated heterocycles. The number of hydrogen-bond acceptors (Lipinski definition) is 4. The summed E-state index contributed by atoms with van der Waals surface area (Å²) in [7, 11) is 3.24. The number of ether oxygens (including phenoxy) is 2. The zero-order valence-corrected chi connectivity index (χ0v) is 22.2. The van der Waals surface area contributed by atoms with Gasteiger partial charge < -0.3 is 14.4 Å². The lowest BCUT2D eigenvalue weighted by molar-refractivity contribution is 0.0709. The van der Waals surface area contributed by atoms with Crippen molar-refractivity contribution >= 4 is 12.0 Å². The van der Waals surface area contributed by atoms with Crippen molar-refractivity contribution in [1.82, 2.24) is 9.80 Å². The van der Waals surface area contributed by atoms with E-state index in [1.807, 2.05) is 41.3 Å². The molecule has 1 heterocycles. The summed E-state index contributed by atoms with van der Waals surface area (Å²) in [4.78, 5) is 18.6. The molecule has 4 rings (SSSR count). The summed E-state index contributed by atoms with van der Waals surface area (Å²) < 4.78 is 10.9. The predicted octanol–water partition coefficient (Wildman–Crippen LogP) is 6.29. The molecule has 2 aromatic rings. The van der Waals surface area contributed by atoms with Crippen molar-refractivity contribution in [2.75, 3.05) is 40.4 Å². The Morgan fingerprint density at radius 1 is 0.972 bits per heavy atom. The van der Waals surface area contributed by atoms with Gasteiger partial charge in [-0.15, -0.1) is 0 Å². The van der Waals surface area contributed by atoms with Crippen LogP contribution in [0.15, 0.2) is 54.1 Å². The summed E-state index contributed by atoms with van der Waals surface area (Å²) in [6.45, 7) is 5.79. The van der Waals surface area contributed by atoms with E-state index in [0.29, 0.717) is 29.6 Å². The number of hydrogen-bond donors (Lipinski definition) is 0. The van der Waals surface area contributed by atoms with Crippen molar-refractivity contribution in [3.05, 3.63) is 65.2 Å². The quantitative estimate of drug-likeness (QED) is 0.392. The first-order chi connectivity index (χ1) is 17.6. The number of carbonyl (C=O) groups is 1. The van der Waals surface area contributed by atoms with E-state index < -0.39 is 0 Å². The minimum Gasteiger partial charge on any atom is -0.497 e. The third-order valence-electron chi connectivity index (χ3n) is 7.69. The van der Waals surface area contributed by atoms with E-state index in [1.54, 1.807) is 14.2 Å². The maximum atomic E-state index is 13.9. The Labute approximate surface area is 217 Å². The molecule has 0 N–H and O–H groups in total. The fourth-order valence-electron chi connectivity index (χ4n) is 5.81. The molecule has 0 spiro atoms. The Balaban J connectivity index is 1.55. The van der Waals surface area contributed by atoms with Gasteiger partial charge in [-0.05, 0) is 62.8 Å². The van der Waals surface area contributed by atoms with E-state index in [9.17, 15) is 4.79 Å². The topological polar surface area (TPSA) is 42.0 Å². The van der Waals surface area contributed by atoms with Gasteiger partial charge in [0.1, 0.15) is 11.5 Å². The first-order valence-corrected chi connectivity index (χ1v) is 13.5. The summed E-state index contributed by atoms with van der Waals surface area (Å²) in [5.41, 5.74) is 2.93. The average molecular weight is 491 g/mol. The van der Waals surface area contributed by atoms with Crippen LogP contribution < -0.4 is 9.47 Å². The van der Waals surface area contributed by atoms with Crippen LogP contribution in [0.3, 0.4) is 0 Å². The molecule has 1 unspecified atom stereocenters. The molecule has 0 bridgehead atoms. The Hall–Kier alpha value is -2.79. The molecular formula is C31H42N2O3. The second-order valence-electron chi connectivity index (χ2n) is 10.5. The van der Waals surface area contributed by atoms with Gasteiger partial charge in [0.25, 0.3) is 5.91 Å². The fraction of sp³-hybridized carbons (Fsp3) is 0.516. The molecular weight excluding hydrogens is 448 g/mol. The number of amides is 1. The van der Waals surface area contributed by atoms with Crippen LogP contribution in [0.4, 0.5) is 0 Å². The Kier molecular flexibility index (Phi) is 9.46. The Morgan fingerprint density at radius 3 is 2.33 bits per heavy atom. The molecule has 1 aliphatic heterocycles. The van der Waals surface area contributed by atoms with E-state index in [-0.39, 0.29) is 5.91 Å². The normalized spacial score (nSPS) is 19.3. The zero-order chi connectivity index (χ0) is 25.3. The van der Waals surface area contributed by atoms with E-state index >= 15 is 0 Å². The lowest BCUT2D eigenvalue weighted by Crippen LogP contribution is -2.45. The van der Waals surface area contributed by atoms with Crippen molar-refractivity contribution in [3.8, 4) is 11.5 Å². The molecule has 2 aromatic carbocycles. The van der Waals surface area contributed by atoms with Gasteiger partial charge in [-0.2, -0.15) is 0 Å². The largest absolute Gasteiger partial charge is 0.497 e. The van der Waals surface area contributed by atoms with Gasteiger partial charge in [0, 0.05) is 37.3 Å². The average Bonchev–Trinajstić information content (AvgIpc) is 3.34. The first-order valence-electron chi connectivity index (χ1n) is 13.5. The van der Waals surface area contributed by atoms with Gasteiger partial charge >= 0.3 is 0 Å². The van der Waals surface area contributed by atoms with Gasteiger partial charge in [-0.3, -0.25) is 9.69 Å². The van der Waals surface area contributed by atoms with Gasteiger partial charge in [0.2, 0.25) is 0 Å². The molecule has 0 aromatic heterocycles. The Morgan fingerprint density at radius 2 is 1.67 bits per heavy atom. The van der Waals surface area contributed by atoms with Crippen LogP contribution in [0.5, 0.6) is 11.5 Å². The third kappa shape index (κ3) is 7.13. The van der Waals surface area contributed by atoms with Gasteiger partial charge in [-0.1, -0.05) is 61.2 Å². The molecule has 1 atom stereocenters. The standard InChI is InChI=1S/C31H42N2O3/c1-24(17-25-11-6-4-7-12-25)21-33(31(34)27-18-29(35-2)20-30(19-27)36-3)23-28-15-10-16-32(28)22-26-13-8-5-9-14-26/h4,6-7,11-12,17-20,26,28H,5,8-10,13-16,21-23H2,1-3H3/b24-17+. The van der Waals surface area contributed by atoms with Crippen LogP contribution in [0, 0.1) is 5.92 Å². The van der Waals surface area contributed by atoms with Crippen molar-refractivity contribution in [1.29, 1.82) is 0 Å². The van der Waals surface area contributed by atoms with Crippen LogP contribution in [-0.2, 0) is 0 Å². The number of carbonyl (C=O) groups excluding carboxylic acids is 1. The molecule has 2 aliphatic rings. The zero-order valence-electron chi connectivity index (χ0n) is 22.2. The number of nitrogens with zero attached hydrogens (tertiary/aromatic N) is 2. The Bertz CT molecular complexity index is 991. The van der Waals surface area contributed by atoms with E-state index in [4.69, 9.17) is 9.47 Å². The van der Waals surface area contributed by atoms with Crippen LogP contribution in [0.1, 0.15) is 67.8 Å². The van der Waals surface area contributed by atoms with E-state index in [2.05, 4.69) is 30.0 Å². The monoisotopic (exact) mass is 490 g/mol. The number of rotatable bonds is 10. The molecule has 194 valence electrons. The van der Waals surface area contributed by atoms with Crippen LogP contribution >= 0.6 is 0 Å². The maximum Gasteiger partial charge on any atom is 0.254 e. The summed E-state index contributed by atoms with van der Waals surface area (Å²) >= 11 is 0. The predicted molar refractivity (Wildman–Crippen MR) is 147 cm³/mol. The molecule has 5 heteroatoms. The lowest BCUT2D eigenvalue weighted by Gasteiger charge is -2.34. The highest BCUT2D eigenvalue weighted by Crippen LogP contribution is 2.29. The summed E-state index contributed by atoms with van der Waals surface area (Å²) in [5, 5.41) is 0. The number of likely N-dealkylation sites (tertiary alicyclic amines) is 1. The highest BCUT2D eigenvalue weighted by molar-refractivity contribution is 5.95. The van der Waals surface area contributed by atoms with Crippen molar-refractivity contribution in [2.45, 2.75) is 57.9 Å². The van der Waals surface area contributed by atoms with Crippen molar-refractivity contribution in [3.63, 3.8) is 0 Å². The lowest BCUT2D eigenvalue weighted by atomic mass is 9.89. The van der Waals surface area contributed by atoms with Crippen molar-refractivity contribution < 1.29 is 14.3 Å². The molecule has 5 nitrogen and oxygen atoms in total. The van der Waals surface area contributed by atoms with Gasteiger partial charge in [0.05, 0.1) is 14.2 Å². The first kappa shape index (κ1) is 26.3. The highest BCUT2D eigenvalue weighted by atomic mass is 16.5. The molecule has 1 amide bonds. The molecule has 0 radical (unpaired) electrons. The van der Waals surface area contributed by atoms with Crippen LogP contribution in [0.2, 0.25) is 0 Å². The van der Waals surface area contributed by atoms with Gasteiger partial charge in [-0.25, -0.2) is 0 Å². The molecule has 1 saturated carbocycles. The second kappa shape index (κ2) is 13.0. The number of methoxy groups -OCH3 is 2. The van der Waals surface area contributed by atoms with E-state index in [0.717, 1.165) is 31.0 Å². The molecule has 36 heavy (non-hydrogen) atoms. The minimum atomic E-state index is 0.0255. The third-order valence-corrected chi connectivity index (χ3v) is 7.69. The van der Waals surface area contributed by atoms with E-state index in [1.165, 1.54) is 50.6 Å². The van der Waals surface area contributed by atoms with Gasteiger partial charge in [0.15, 0.2) is 0 Å².